The second-order valence-corrected chi connectivity index (χ2v) is 8.60. The first-order valence-corrected chi connectivity index (χ1v) is 9.98. The summed E-state index contributed by atoms with van der Waals surface area (Å²) in [5, 5.41) is 6.49. The molecule has 0 aromatic heterocycles. The van der Waals surface area contributed by atoms with Crippen molar-refractivity contribution >= 4 is 6.09 Å². The molecule has 0 aromatic carbocycles. The van der Waals surface area contributed by atoms with Crippen LogP contribution in [0.25, 0.3) is 0 Å². The summed E-state index contributed by atoms with van der Waals surface area (Å²) in [7, 11) is 0. The fraction of sp³-hybridized carbons (Fsp3) is 0.947. The molecule has 1 saturated carbocycles. The normalized spacial score (nSPS) is 29.7. The summed E-state index contributed by atoms with van der Waals surface area (Å²) in [6.45, 7) is 8.58. The van der Waals surface area contributed by atoms with Gasteiger partial charge in [-0.3, -0.25) is 0 Å². The fourth-order valence-electron chi connectivity index (χ4n) is 3.98. The van der Waals surface area contributed by atoms with Crippen molar-refractivity contribution in [2.24, 2.45) is 0 Å². The lowest BCUT2D eigenvalue weighted by molar-refractivity contribution is -0.192. The van der Waals surface area contributed by atoms with Crippen LogP contribution in [-0.4, -0.2) is 62.0 Å². The largest absolute Gasteiger partial charge is 0.444 e. The van der Waals surface area contributed by atoms with Crippen LogP contribution in [-0.2, 0) is 18.9 Å². The summed E-state index contributed by atoms with van der Waals surface area (Å²) in [5.74, 6) is -0.343. The molecule has 0 aromatic rings. The van der Waals surface area contributed by atoms with Crippen LogP contribution in [0.4, 0.5) is 4.79 Å². The Morgan fingerprint density at radius 1 is 1.19 bits per heavy atom. The SMILES string of the molecule is CC(C)(C)OC(=O)NC1CCCNC1COC1CCC2(CC1)OCCO2. The zero-order valence-corrected chi connectivity index (χ0v) is 16.3. The molecule has 0 bridgehead atoms. The molecule has 2 heterocycles. The van der Waals surface area contributed by atoms with Gasteiger partial charge in [0.2, 0.25) is 0 Å². The Labute approximate surface area is 156 Å². The van der Waals surface area contributed by atoms with E-state index in [1.54, 1.807) is 0 Å². The minimum atomic E-state index is -0.486. The van der Waals surface area contributed by atoms with Gasteiger partial charge in [0, 0.05) is 18.9 Å². The summed E-state index contributed by atoms with van der Waals surface area (Å²) in [6.07, 6.45) is 5.57. The van der Waals surface area contributed by atoms with E-state index in [2.05, 4.69) is 10.6 Å². The molecule has 3 fully saturated rings. The average Bonchev–Trinajstić information content (AvgIpc) is 3.02. The fourth-order valence-corrected chi connectivity index (χ4v) is 3.98. The van der Waals surface area contributed by atoms with Crippen molar-refractivity contribution in [3.8, 4) is 0 Å². The molecule has 1 amide bonds. The van der Waals surface area contributed by atoms with Gasteiger partial charge in [-0.2, -0.15) is 0 Å². The molecule has 1 aliphatic carbocycles. The Balaban J connectivity index is 1.43. The standard InChI is InChI=1S/C19H34N2O5/c1-18(2,3)26-17(22)21-15-5-4-10-20-16(15)13-23-14-6-8-19(9-7-14)24-11-12-25-19/h14-16,20H,4-13H2,1-3H3,(H,21,22). The molecule has 0 radical (unpaired) electrons. The van der Waals surface area contributed by atoms with Crippen LogP contribution in [0.3, 0.4) is 0 Å². The van der Waals surface area contributed by atoms with E-state index in [-0.39, 0.29) is 30.1 Å². The second kappa shape index (κ2) is 8.42. The van der Waals surface area contributed by atoms with Crippen LogP contribution in [0.15, 0.2) is 0 Å². The van der Waals surface area contributed by atoms with Crippen molar-refractivity contribution < 1.29 is 23.7 Å². The van der Waals surface area contributed by atoms with Crippen molar-refractivity contribution in [3.05, 3.63) is 0 Å². The van der Waals surface area contributed by atoms with Gasteiger partial charge in [0.05, 0.1) is 32.0 Å². The number of carbonyl (C=O) groups excluding carboxylic acids is 1. The Kier molecular flexibility index (Phi) is 6.43. The maximum Gasteiger partial charge on any atom is 0.407 e. The summed E-state index contributed by atoms with van der Waals surface area (Å²) in [6, 6.07) is 0.154. The van der Waals surface area contributed by atoms with Crippen molar-refractivity contribution in [1.29, 1.82) is 0 Å². The molecule has 2 aliphatic heterocycles. The predicted octanol–water partition coefficient (Wildman–Crippen LogP) is 2.33. The second-order valence-electron chi connectivity index (χ2n) is 8.60. The van der Waals surface area contributed by atoms with Gasteiger partial charge in [-0.05, 0) is 53.0 Å². The zero-order chi connectivity index (χ0) is 18.6. The number of hydrogen-bond acceptors (Lipinski definition) is 6. The molecule has 26 heavy (non-hydrogen) atoms. The number of amides is 1. The van der Waals surface area contributed by atoms with E-state index in [1.165, 1.54) is 0 Å². The number of piperidine rings is 1. The summed E-state index contributed by atoms with van der Waals surface area (Å²) < 4.78 is 23.1. The summed E-state index contributed by atoms with van der Waals surface area (Å²) in [4.78, 5) is 12.1. The molecule has 2 saturated heterocycles. The molecule has 2 N–H and O–H groups in total. The molecular formula is C19H34N2O5. The van der Waals surface area contributed by atoms with Crippen LogP contribution >= 0.6 is 0 Å². The first-order chi connectivity index (χ1) is 12.4. The topological polar surface area (TPSA) is 78.1 Å². The Bertz CT molecular complexity index is 463. The Morgan fingerprint density at radius 3 is 2.54 bits per heavy atom. The van der Waals surface area contributed by atoms with Gasteiger partial charge < -0.3 is 29.6 Å². The van der Waals surface area contributed by atoms with E-state index in [1.807, 2.05) is 20.8 Å². The highest BCUT2D eigenvalue weighted by atomic mass is 16.7. The van der Waals surface area contributed by atoms with Gasteiger partial charge >= 0.3 is 6.09 Å². The van der Waals surface area contributed by atoms with Gasteiger partial charge in [0.25, 0.3) is 0 Å². The zero-order valence-electron chi connectivity index (χ0n) is 16.3. The van der Waals surface area contributed by atoms with E-state index < -0.39 is 5.60 Å². The number of ether oxygens (including phenoxy) is 4. The van der Waals surface area contributed by atoms with Crippen LogP contribution < -0.4 is 10.6 Å². The smallest absolute Gasteiger partial charge is 0.407 e. The summed E-state index contributed by atoms with van der Waals surface area (Å²) in [5.41, 5.74) is -0.486. The highest BCUT2D eigenvalue weighted by Gasteiger charge is 2.41. The first kappa shape index (κ1) is 19.9. The molecule has 7 heteroatoms. The highest BCUT2D eigenvalue weighted by molar-refractivity contribution is 5.68. The maximum absolute atomic E-state index is 12.1. The maximum atomic E-state index is 12.1. The van der Waals surface area contributed by atoms with E-state index in [0.717, 1.165) is 45.1 Å². The first-order valence-electron chi connectivity index (χ1n) is 9.98. The number of hydrogen-bond donors (Lipinski definition) is 2. The lowest BCUT2D eigenvalue weighted by atomic mass is 9.91. The number of carbonyl (C=O) groups is 1. The molecule has 2 atom stereocenters. The van der Waals surface area contributed by atoms with E-state index in [9.17, 15) is 4.79 Å². The lowest BCUT2D eigenvalue weighted by Crippen LogP contribution is -2.56. The molecule has 150 valence electrons. The number of alkyl carbamates (subject to hydrolysis) is 1. The quantitative estimate of drug-likeness (QED) is 0.791. The van der Waals surface area contributed by atoms with Crippen molar-refractivity contribution in [3.63, 3.8) is 0 Å². The lowest BCUT2D eigenvalue weighted by Gasteiger charge is -2.37. The van der Waals surface area contributed by atoms with Crippen molar-refractivity contribution in [2.75, 3.05) is 26.4 Å². The number of nitrogens with one attached hydrogen (secondary N) is 2. The van der Waals surface area contributed by atoms with Gasteiger partial charge in [-0.15, -0.1) is 0 Å². The highest BCUT2D eigenvalue weighted by Crippen LogP contribution is 2.36. The Hall–Kier alpha value is -0.890. The minimum Gasteiger partial charge on any atom is -0.444 e. The molecule has 2 unspecified atom stereocenters. The van der Waals surface area contributed by atoms with E-state index in [4.69, 9.17) is 18.9 Å². The minimum absolute atomic E-state index is 0.0371. The van der Waals surface area contributed by atoms with Gasteiger partial charge in [-0.25, -0.2) is 4.79 Å². The molecule has 7 nitrogen and oxygen atoms in total. The van der Waals surface area contributed by atoms with Crippen molar-refractivity contribution in [1.82, 2.24) is 10.6 Å². The van der Waals surface area contributed by atoms with Crippen LogP contribution in [0.1, 0.15) is 59.3 Å². The van der Waals surface area contributed by atoms with Gasteiger partial charge in [0.1, 0.15) is 5.60 Å². The Morgan fingerprint density at radius 2 is 1.88 bits per heavy atom. The average molecular weight is 370 g/mol. The van der Waals surface area contributed by atoms with Crippen LogP contribution in [0.5, 0.6) is 0 Å². The van der Waals surface area contributed by atoms with Crippen molar-refractivity contribution in [2.45, 2.75) is 88.9 Å². The molecular weight excluding hydrogens is 336 g/mol. The van der Waals surface area contributed by atoms with Crippen LogP contribution in [0.2, 0.25) is 0 Å². The van der Waals surface area contributed by atoms with Gasteiger partial charge in [-0.1, -0.05) is 0 Å². The molecule has 3 aliphatic rings. The monoisotopic (exact) mass is 370 g/mol. The predicted molar refractivity (Wildman–Crippen MR) is 97.0 cm³/mol. The summed E-state index contributed by atoms with van der Waals surface area (Å²) >= 11 is 0. The molecule has 1 spiro atoms. The van der Waals surface area contributed by atoms with E-state index in [0.29, 0.717) is 19.8 Å². The third kappa shape index (κ3) is 5.55. The third-order valence-electron chi connectivity index (χ3n) is 5.31. The van der Waals surface area contributed by atoms with Crippen LogP contribution in [0, 0.1) is 0 Å². The third-order valence-corrected chi connectivity index (χ3v) is 5.31. The molecule has 3 rings (SSSR count). The van der Waals surface area contributed by atoms with E-state index >= 15 is 0 Å². The van der Waals surface area contributed by atoms with Gasteiger partial charge in [0.15, 0.2) is 5.79 Å². The number of rotatable bonds is 4.